The summed E-state index contributed by atoms with van der Waals surface area (Å²) in [5.41, 5.74) is 11.3. The predicted molar refractivity (Wildman–Crippen MR) is 121 cm³/mol. The van der Waals surface area contributed by atoms with Crippen LogP contribution in [0.15, 0.2) is 17.7 Å². The van der Waals surface area contributed by atoms with Crippen LogP contribution in [0.2, 0.25) is 0 Å². The lowest BCUT2D eigenvalue weighted by Crippen LogP contribution is -2.39. The number of nitrogens with two attached hydrogens (primary N) is 1. The molecule has 0 saturated heterocycles. The summed E-state index contributed by atoms with van der Waals surface area (Å²) in [5.74, 6) is -1.01. The first-order valence-corrected chi connectivity index (χ1v) is 11.6. The zero-order valence-corrected chi connectivity index (χ0v) is 19.1. The SMILES string of the molecule is CC(C)(C)OC(=O)N1CCC=C(c2c(F)cc(C(N)=O)c3c2C2=C(CCC4(CC4)C2)C3)C1. The van der Waals surface area contributed by atoms with Crippen molar-refractivity contribution in [2.24, 2.45) is 11.1 Å². The van der Waals surface area contributed by atoms with Crippen LogP contribution in [0, 0.1) is 11.2 Å². The van der Waals surface area contributed by atoms with Crippen LogP contribution < -0.4 is 5.73 Å². The molecule has 1 aromatic carbocycles. The number of fused-ring (bicyclic) bond motifs is 2. The van der Waals surface area contributed by atoms with Crippen LogP contribution in [0.3, 0.4) is 0 Å². The summed E-state index contributed by atoms with van der Waals surface area (Å²) in [5, 5.41) is 0. The molecule has 0 bridgehead atoms. The van der Waals surface area contributed by atoms with Crippen LogP contribution in [0.5, 0.6) is 0 Å². The second-order valence-corrected chi connectivity index (χ2v) is 10.9. The molecule has 4 aliphatic rings. The number of ether oxygens (including phenoxy) is 1. The zero-order valence-electron chi connectivity index (χ0n) is 19.1. The first kappa shape index (κ1) is 21.2. The maximum atomic E-state index is 15.6. The third kappa shape index (κ3) is 3.63. The Morgan fingerprint density at radius 1 is 1.19 bits per heavy atom. The minimum Gasteiger partial charge on any atom is -0.444 e. The molecule has 5 nitrogen and oxygen atoms in total. The Labute approximate surface area is 188 Å². The second-order valence-electron chi connectivity index (χ2n) is 10.9. The Bertz CT molecular complexity index is 1090. The first-order chi connectivity index (χ1) is 15.1. The van der Waals surface area contributed by atoms with Gasteiger partial charge in [0.25, 0.3) is 0 Å². The number of benzene rings is 1. The molecule has 0 unspecified atom stereocenters. The van der Waals surface area contributed by atoms with Crippen molar-refractivity contribution in [1.29, 1.82) is 0 Å². The van der Waals surface area contributed by atoms with Gasteiger partial charge in [0.2, 0.25) is 5.91 Å². The summed E-state index contributed by atoms with van der Waals surface area (Å²) in [6.45, 7) is 6.35. The van der Waals surface area contributed by atoms with Crippen LogP contribution in [0.1, 0.15) is 86.3 Å². The van der Waals surface area contributed by atoms with Gasteiger partial charge in [-0.15, -0.1) is 0 Å². The maximum absolute atomic E-state index is 15.6. The minimum absolute atomic E-state index is 0.293. The molecule has 1 heterocycles. The van der Waals surface area contributed by atoms with E-state index in [-0.39, 0.29) is 6.09 Å². The molecule has 5 rings (SSSR count). The Morgan fingerprint density at radius 3 is 2.59 bits per heavy atom. The highest BCUT2D eigenvalue weighted by Crippen LogP contribution is 2.61. The Hall–Kier alpha value is -2.63. The molecule has 6 heteroatoms. The Balaban J connectivity index is 1.56. The van der Waals surface area contributed by atoms with E-state index in [4.69, 9.17) is 10.5 Å². The number of hydrogen-bond donors (Lipinski definition) is 1. The van der Waals surface area contributed by atoms with Gasteiger partial charge in [-0.1, -0.05) is 11.6 Å². The maximum Gasteiger partial charge on any atom is 0.410 e. The lowest BCUT2D eigenvalue weighted by molar-refractivity contribution is 0.0273. The van der Waals surface area contributed by atoms with Crippen molar-refractivity contribution in [1.82, 2.24) is 4.90 Å². The molecule has 1 fully saturated rings. The monoisotopic (exact) mass is 438 g/mol. The van der Waals surface area contributed by atoms with Crippen LogP contribution in [0.4, 0.5) is 9.18 Å². The molecule has 1 aliphatic heterocycles. The number of hydrogen-bond acceptors (Lipinski definition) is 3. The predicted octanol–water partition coefficient (Wildman–Crippen LogP) is 5.22. The van der Waals surface area contributed by atoms with E-state index in [1.54, 1.807) is 4.90 Å². The molecule has 1 spiro atoms. The summed E-state index contributed by atoms with van der Waals surface area (Å²) in [4.78, 5) is 26.5. The number of carbonyl (C=O) groups is 2. The smallest absolute Gasteiger partial charge is 0.410 e. The van der Waals surface area contributed by atoms with Crippen LogP contribution in [-0.2, 0) is 11.2 Å². The van der Waals surface area contributed by atoms with E-state index in [2.05, 4.69) is 0 Å². The van der Waals surface area contributed by atoms with Crippen molar-refractivity contribution in [2.75, 3.05) is 13.1 Å². The van der Waals surface area contributed by atoms with E-state index in [1.807, 2.05) is 26.8 Å². The van der Waals surface area contributed by atoms with Gasteiger partial charge in [-0.3, -0.25) is 4.79 Å². The van der Waals surface area contributed by atoms with Crippen molar-refractivity contribution >= 4 is 23.1 Å². The number of nitrogens with zero attached hydrogens (tertiary/aromatic N) is 1. The molecule has 2 N–H and O–H groups in total. The highest BCUT2D eigenvalue weighted by molar-refractivity contribution is 6.00. The highest BCUT2D eigenvalue weighted by Gasteiger charge is 2.48. The Kier molecular flexibility index (Phi) is 4.77. The van der Waals surface area contributed by atoms with Gasteiger partial charge >= 0.3 is 6.09 Å². The van der Waals surface area contributed by atoms with Gasteiger partial charge in [0.1, 0.15) is 11.4 Å². The summed E-state index contributed by atoms with van der Waals surface area (Å²) < 4.78 is 21.2. The fourth-order valence-corrected chi connectivity index (χ4v) is 5.58. The van der Waals surface area contributed by atoms with Gasteiger partial charge < -0.3 is 15.4 Å². The highest BCUT2D eigenvalue weighted by atomic mass is 19.1. The fraction of sp³-hybridized carbons (Fsp3) is 0.538. The van der Waals surface area contributed by atoms with Crippen LogP contribution in [0.25, 0.3) is 11.1 Å². The average molecular weight is 439 g/mol. The molecular weight excluding hydrogens is 407 g/mol. The standard InChI is InChI=1S/C26H31FN2O3/c1-25(2,3)32-24(31)29-10-4-5-16(14-29)21-20(27)12-18(23(28)30)17-11-15-6-7-26(8-9-26)13-19(15)22(17)21/h5,12H,4,6-11,13-14H2,1-3H3,(H2,28,30). The van der Waals surface area contributed by atoms with Gasteiger partial charge in [-0.25, -0.2) is 9.18 Å². The van der Waals surface area contributed by atoms with Gasteiger partial charge in [0.15, 0.2) is 0 Å². The number of primary amides is 1. The molecule has 3 aliphatic carbocycles. The molecule has 0 radical (unpaired) electrons. The largest absolute Gasteiger partial charge is 0.444 e. The molecule has 0 atom stereocenters. The molecule has 0 aromatic heterocycles. The van der Waals surface area contributed by atoms with E-state index in [0.717, 1.165) is 29.5 Å². The summed E-state index contributed by atoms with van der Waals surface area (Å²) >= 11 is 0. The van der Waals surface area contributed by atoms with E-state index in [0.29, 0.717) is 42.5 Å². The van der Waals surface area contributed by atoms with Crippen molar-refractivity contribution in [2.45, 2.75) is 71.3 Å². The average Bonchev–Trinajstić information content (AvgIpc) is 3.36. The zero-order chi connectivity index (χ0) is 22.8. The Morgan fingerprint density at radius 2 is 1.94 bits per heavy atom. The third-order valence-electron chi connectivity index (χ3n) is 7.36. The van der Waals surface area contributed by atoms with Crippen LogP contribution >= 0.6 is 0 Å². The molecule has 170 valence electrons. The van der Waals surface area contributed by atoms with Gasteiger partial charge in [0.05, 0.1) is 0 Å². The van der Waals surface area contributed by atoms with Crippen molar-refractivity contribution in [3.63, 3.8) is 0 Å². The summed E-state index contributed by atoms with van der Waals surface area (Å²) in [7, 11) is 0. The number of carbonyl (C=O) groups excluding carboxylic acids is 2. The van der Waals surface area contributed by atoms with Crippen molar-refractivity contribution in [3.8, 4) is 0 Å². The minimum atomic E-state index is -0.589. The molecule has 32 heavy (non-hydrogen) atoms. The number of halogens is 1. The quantitative estimate of drug-likeness (QED) is 0.688. The van der Waals surface area contributed by atoms with Gasteiger partial charge in [0, 0.05) is 24.2 Å². The topological polar surface area (TPSA) is 72.6 Å². The first-order valence-electron chi connectivity index (χ1n) is 11.6. The molecular formula is C26H31FN2O3. The third-order valence-corrected chi connectivity index (χ3v) is 7.36. The van der Waals surface area contributed by atoms with E-state index < -0.39 is 17.3 Å². The summed E-state index contributed by atoms with van der Waals surface area (Å²) in [6.07, 6.45) is 8.54. The second kappa shape index (κ2) is 7.19. The fourth-order valence-electron chi connectivity index (χ4n) is 5.58. The molecule has 1 saturated carbocycles. The van der Waals surface area contributed by atoms with E-state index >= 15 is 4.39 Å². The lowest BCUT2D eigenvalue weighted by Gasteiger charge is -2.31. The number of allylic oxidation sites excluding steroid dienone is 2. The van der Waals surface area contributed by atoms with Gasteiger partial charge in [-0.2, -0.15) is 0 Å². The molecule has 2 amide bonds. The molecule has 1 aromatic rings. The summed E-state index contributed by atoms with van der Waals surface area (Å²) in [6, 6.07) is 1.30. The lowest BCUT2D eigenvalue weighted by atomic mass is 9.79. The normalized spacial score (nSPS) is 21.2. The van der Waals surface area contributed by atoms with E-state index in [1.165, 1.54) is 36.5 Å². The van der Waals surface area contributed by atoms with Gasteiger partial charge in [-0.05, 0) is 99.5 Å². The van der Waals surface area contributed by atoms with Crippen molar-refractivity contribution in [3.05, 3.63) is 45.8 Å². The number of amides is 2. The van der Waals surface area contributed by atoms with Crippen LogP contribution in [-0.4, -0.2) is 35.6 Å². The van der Waals surface area contributed by atoms with E-state index in [9.17, 15) is 9.59 Å². The number of rotatable bonds is 2. The van der Waals surface area contributed by atoms with Crippen molar-refractivity contribution < 1.29 is 18.7 Å².